The molecule has 0 saturated heterocycles. The lowest BCUT2D eigenvalue weighted by molar-refractivity contribution is -0.121. The first-order valence-corrected chi connectivity index (χ1v) is 8.06. The zero-order valence-electron chi connectivity index (χ0n) is 14.4. The van der Waals surface area contributed by atoms with Crippen LogP contribution in [0.3, 0.4) is 0 Å². The van der Waals surface area contributed by atoms with Crippen LogP contribution in [0, 0.1) is 0 Å². The van der Waals surface area contributed by atoms with Gasteiger partial charge in [-0.1, -0.05) is 5.16 Å². The number of hydrogen-bond donors (Lipinski definition) is 2. The number of ether oxygens (including phenoxy) is 1. The smallest absolute Gasteiger partial charge is 0.236 e. The van der Waals surface area contributed by atoms with E-state index in [1.165, 1.54) is 6.92 Å². The van der Waals surface area contributed by atoms with E-state index in [9.17, 15) is 9.59 Å². The molecule has 0 spiro atoms. The molecule has 0 bridgehead atoms. The lowest BCUT2D eigenvalue weighted by atomic mass is 10.2. The van der Waals surface area contributed by atoms with Gasteiger partial charge in [0.2, 0.25) is 23.5 Å². The normalized spacial score (nSPS) is 10.3. The molecule has 0 aliphatic heterocycles. The van der Waals surface area contributed by atoms with Crippen LogP contribution in [-0.2, 0) is 16.0 Å². The lowest BCUT2D eigenvalue weighted by Crippen LogP contribution is -2.27. The summed E-state index contributed by atoms with van der Waals surface area (Å²) in [5, 5.41) is 9.38. The molecule has 1 aromatic carbocycles. The van der Waals surface area contributed by atoms with Crippen molar-refractivity contribution in [2.75, 3.05) is 20.2 Å². The highest BCUT2D eigenvalue weighted by molar-refractivity contribution is 5.77. The third-order valence-electron chi connectivity index (χ3n) is 3.43. The molecule has 0 aliphatic rings. The van der Waals surface area contributed by atoms with Crippen molar-refractivity contribution in [1.29, 1.82) is 0 Å². The molecule has 134 valence electrons. The van der Waals surface area contributed by atoms with Gasteiger partial charge in [0.25, 0.3) is 0 Å². The molecule has 8 nitrogen and oxygen atoms in total. The van der Waals surface area contributed by atoms with Gasteiger partial charge in [-0.2, -0.15) is 4.98 Å². The van der Waals surface area contributed by atoms with Crippen molar-refractivity contribution in [2.45, 2.75) is 26.2 Å². The fourth-order valence-corrected chi connectivity index (χ4v) is 2.13. The maximum atomic E-state index is 11.9. The van der Waals surface area contributed by atoms with Crippen LogP contribution in [0.5, 0.6) is 5.75 Å². The molecular formula is C17H22N4O4. The minimum absolute atomic E-state index is 0.0366. The van der Waals surface area contributed by atoms with Gasteiger partial charge >= 0.3 is 0 Å². The van der Waals surface area contributed by atoms with Crippen molar-refractivity contribution in [1.82, 2.24) is 20.8 Å². The second-order valence-electron chi connectivity index (χ2n) is 5.46. The molecule has 2 rings (SSSR count). The Balaban J connectivity index is 1.74. The summed E-state index contributed by atoms with van der Waals surface area (Å²) >= 11 is 0. The van der Waals surface area contributed by atoms with Gasteiger partial charge < -0.3 is 19.9 Å². The summed E-state index contributed by atoms with van der Waals surface area (Å²) < 4.78 is 10.2. The average molecular weight is 346 g/mol. The predicted molar refractivity (Wildman–Crippen MR) is 90.9 cm³/mol. The largest absolute Gasteiger partial charge is 0.497 e. The highest BCUT2D eigenvalue weighted by Gasteiger charge is 2.12. The molecule has 0 atom stereocenters. The summed E-state index contributed by atoms with van der Waals surface area (Å²) in [6, 6.07) is 7.25. The molecule has 1 aromatic heterocycles. The van der Waals surface area contributed by atoms with E-state index in [1.807, 2.05) is 12.1 Å². The number of carbonyl (C=O) groups excluding carboxylic acids is 2. The molecule has 0 fully saturated rings. The van der Waals surface area contributed by atoms with Crippen LogP contribution in [0.15, 0.2) is 28.8 Å². The third kappa shape index (κ3) is 6.25. The maximum Gasteiger partial charge on any atom is 0.236 e. The number of rotatable bonds is 9. The van der Waals surface area contributed by atoms with E-state index >= 15 is 0 Å². The van der Waals surface area contributed by atoms with Crippen LogP contribution in [-0.4, -0.2) is 42.2 Å². The molecule has 25 heavy (non-hydrogen) atoms. The fraction of sp³-hybridized carbons (Fsp3) is 0.412. The first kappa shape index (κ1) is 18.4. The minimum atomic E-state index is -0.176. The Bertz CT molecular complexity index is 697. The summed E-state index contributed by atoms with van der Waals surface area (Å²) in [6.45, 7) is 2.63. The van der Waals surface area contributed by atoms with E-state index in [-0.39, 0.29) is 24.1 Å². The predicted octanol–water partition coefficient (Wildman–Crippen LogP) is 1.32. The number of unbranched alkanes of at least 4 members (excludes halogenated alkanes) is 1. The monoisotopic (exact) mass is 346 g/mol. The van der Waals surface area contributed by atoms with Gasteiger partial charge in [-0.05, 0) is 37.1 Å². The van der Waals surface area contributed by atoms with Crippen LogP contribution in [0.1, 0.15) is 25.7 Å². The SMILES string of the molecule is COc1ccc(-c2noc(CC(=O)NCCCCNC(C)=O)n2)cc1. The van der Waals surface area contributed by atoms with Crippen molar-refractivity contribution in [3.8, 4) is 17.1 Å². The summed E-state index contributed by atoms with van der Waals surface area (Å²) in [5.74, 6) is 1.21. The van der Waals surface area contributed by atoms with E-state index in [4.69, 9.17) is 9.26 Å². The van der Waals surface area contributed by atoms with Gasteiger partial charge in [-0.3, -0.25) is 9.59 Å². The summed E-state index contributed by atoms with van der Waals surface area (Å²) in [4.78, 5) is 26.8. The molecule has 1 heterocycles. The Morgan fingerprint density at radius 3 is 2.44 bits per heavy atom. The number of hydrogen-bond acceptors (Lipinski definition) is 6. The van der Waals surface area contributed by atoms with Crippen molar-refractivity contribution < 1.29 is 18.8 Å². The highest BCUT2D eigenvalue weighted by Crippen LogP contribution is 2.19. The molecule has 0 radical (unpaired) electrons. The molecule has 0 unspecified atom stereocenters. The molecular weight excluding hydrogens is 324 g/mol. The number of benzene rings is 1. The third-order valence-corrected chi connectivity index (χ3v) is 3.43. The quantitative estimate of drug-likeness (QED) is 0.663. The number of methoxy groups -OCH3 is 1. The Morgan fingerprint density at radius 2 is 1.80 bits per heavy atom. The zero-order chi connectivity index (χ0) is 18.1. The summed E-state index contributed by atoms with van der Waals surface area (Å²) in [7, 11) is 1.60. The van der Waals surface area contributed by atoms with Gasteiger partial charge in [-0.25, -0.2) is 0 Å². The minimum Gasteiger partial charge on any atom is -0.497 e. The van der Waals surface area contributed by atoms with Crippen LogP contribution < -0.4 is 15.4 Å². The highest BCUT2D eigenvalue weighted by atomic mass is 16.5. The lowest BCUT2D eigenvalue weighted by Gasteiger charge is -2.04. The molecule has 8 heteroatoms. The first-order valence-electron chi connectivity index (χ1n) is 8.06. The van der Waals surface area contributed by atoms with Crippen LogP contribution in [0.25, 0.3) is 11.4 Å². The number of carbonyl (C=O) groups is 2. The molecule has 0 aliphatic carbocycles. The molecule has 0 saturated carbocycles. The fourth-order valence-electron chi connectivity index (χ4n) is 2.13. The van der Waals surface area contributed by atoms with Gasteiger partial charge in [0.15, 0.2) is 0 Å². The zero-order valence-corrected chi connectivity index (χ0v) is 14.4. The Kier molecular flexibility index (Phi) is 6.94. The standard InChI is InChI=1S/C17H22N4O4/c1-12(22)18-9-3-4-10-19-15(23)11-16-20-17(21-25-16)13-5-7-14(24-2)8-6-13/h5-8H,3-4,9-11H2,1-2H3,(H,18,22)(H,19,23). The number of aromatic nitrogens is 2. The second kappa shape index (κ2) is 9.41. The van der Waals surface area contributed by atoms with Gasteiger partial charge in [0.05, 0.1) is 7.11 Å². The second-order valence-corrected chi connectivity index (χ2v) is 5.46. The van der Waals surface area contributed by atoms with Crippen molar-refractivity contribution in [3.63, 3.8) is 0 Å². The van der Waals surface area contributed by atoms with E-state index < -0.39 is 0 Å². The number of amides is 2. The van der Waals surface area contributed by atoms with Gasteiger partial charge in [-0.15, -0.1) is 0 Å². The number of nitrogens with one attached hydrogen (secondary N) is 2. The van der Waals surface area contributed by atoms with E-state index in [2.05, 4.69) is 20.8 Å². The molecule has 2 N–H and O–H groups in total. The summed E-state index contributed by atoms with van der Waals surface area (Å²) in [6.07, 6.45) is 1.63. The van der Waals surface area contributed by atoms with Crippen LogP contribution >= 0.6 is 0 Å². The van der Waals surface area contributed by atoms with Gasteiger partial charge in [0.1, 0.15) is 12.2 Å². The van der Waals surface area contributed by atoms with Crippen molar-refractivity contribution in [2.24, 2.45) is 0 Å². The van der Waals surface area contributed by atoms with Crippen molar-refractivity contribution >= 4 is 11.8 Å². The topological polar surface area (TPSA) is 106 Å². The first-order chi connectivity index (χ1) is 12.1. The van der Waals surface area contributed by atoms with E-state index in [0.29, 0.717) is 18.9 Å². The summed E-state index contributed by atoms with van der Waals surface area (Å²) in [5.41, 5.74) is 0.786. The van der Waals surface area contributed by atoms with E-state index in [0.717, 1.165) is 24.2 Å². The average Bonchev–Trinajstić information content (AvgIpc) is 3.06. The van der Waals surface area contributed by atoms with Gasteiger partial charge in [0, 0.05) is 25.6 Å². The molecule has 2 aromatic rings. The van der Waals surface area contributed by atoms with Crippen LogP contribution in [0.4, 0.5) is 0 Å². The van der Waals surface area contributed by atoms with E-state index in [1.54, 1.807) is 19.2 Å². The maximum absolute atomic E-state index is 11.9. The Labute approximate surface area is 145 Å². The Hall–Kier alpha value is -2.90. The molecule has 2 amide bonds. The van der Waals surface area contributed by atoms with Crippen molar-refractivity contribution in [3.05, 3.63) is 30.2 Å². The van der Waals surface area contributed by atoms with Crippen LogP contribution in [0.2, 0.25) is 0 Å². The Morgan fingerprint density at radius 1 is 1.12 bits per heavy atom. The number of nitrogens with zero attached hydrogens (tertiary/aromatic N) is 2.